The van der Waals surface area contributed by atoms with Crippen LogP contribution in [0.3, 0.4) is 0 Å². The van der Waals surface area contributed by atoms with E-state index in [0.29, 0.717) is 0 Å². The molecule has 1 amide bonds. The van der Waals surface area contributed by atoms with Crippen LogP contribution in [-0.2, 0) is 4.79 Å². The Balaban J connectivity index is 2.85. The Morgan fingerprint density at radius 2 is 1.88 bits per heavy atom. The Morgan fingerprint density at radius 3 is 2.31 bits per heavy atom. The highest BCUT2D eigenvalue weighted by Crippen LogP contribution is 2.25. The van der Waals surface area contributed by atoms with Crippen LogP contribution in [0.1, 0.15) is 13.8 Å². The van der Waals surface area contributed by atoms with Crippen molar-refractivity contribution in [3.8, 4) is 0 Å². The molecular weight excluding hydrogens is 251 g/mol. The van der Waals surface area contributed by atoms with Crippen molar-refractivity contribution in [2.75, 3.05) is 5.32 Å². The number of rotatable bonds is 3. The van der Waals surface area contributed by atoms with Gasteiger partial charge >= 0.3 is 0 Å². The highest BCUT2D eigenvalue weighted by atomic mass is 35.5. The molecule has 0 saturated carbocycles. The van der Waals surface area contributed by atoms with Crippen molar-refractivity contribution in [2.45, 2.75) is 19.9 Å². The van der Waals surface area contributed by atoms with Crippen molar-refractivity contribution in [1.82, 2.24) is 9.97 Å². The van der Waals surface area contributed by atoms with Crippen LogP contribution in [0, 0.1) is 5.92 Å². The maximum absolute atomic E-state index is 11.6. The molecule has 5 nitrogen and oxygen atoms in total. The van der Waals surface area contributed by atoms with Crippen molar-refractivity contribution < 1.29 is 4.79 Å². The number of amides is 1. The molecule has 88 valence electrons. The third-order valence-electron chi connectivity index (χ3n) is 2.02. The molecule has 1 rings (SSSR count). The Labute approximate surface area is 103 Å². The summed E-state index contributed by atoms with van der Waals surface area (Å²) in [4.78, 5) is 19.1. The van der Waals surface area contributed by atoms with Gasteiger partial charge in [0.1, 0.15) is 12.0 Å². The van der Waals surface area contributed by atoms with Gasteiger partial charge in [0.05, 0.1) is 6.04 Å². The smallest absolute Gasteiger partial charge is 0.241 e. The van der Waals surface area contributed by atoms with Gasteiger partial charge < -0.3 is 11.1 Å². The van der Waals surface area contributed by atoms with E-state index in [-0.39, 0.29) is 27.8 Å². The van der Waals surface area contributed by atoms with E-state index in [2.05, 4.69) is 15.3 Å². The van der Waals surface area contributed by atoms with Crippen LogP contribution in [0.2, 0.25) is 10.3 Å². The molecule has 1 heterocycles. The molecule has 0 bridgehead atoms. The van der Waals surface area contributed by atoms with Crippen LogP contribution in [0.25, 0.3) is 0 Å². The van der Waals surface area contributed by atoms with E-state index in [9.17, 15) is 4.79 Å². The van der Waals surface area contributed by atoms with Gasteiger partial charge in [0, 0.05) is 0 Å². The number of carbonyl (C=O) groups excluding carboxylic acids is 1. The van der Waals surface area contributed by atoms with Gasteiger partial charge in [-0.3, -0.25) is 4.79 Å². The summed E-state index contributed by atoms with van der Waals surface area (Å²) in [5.74, 6) is -0.351. The molecule has 3 N–H and O–H groups in total. The lowest BCUT2D eigenvalue weighted by Crippen LogP contribution is -2.39. The summed E-state index contributed by atoms with van der Waals surface area (Å²) >= 11 is 11.5. The number of hydrogen-bond donors (Lipinski definition) is 2. The zero-order valence-corrected chi connectivity index (χ0v) is 10.4. The number of aromatic nitrogens is 2. The summed E-state index contributed by atoms with van der Waals surface area (Å²) in [5, 5.41) is 2.68. The first-order valence-electron chi connectivity index (χ1n) is 4.66. The first-order chi connectivity index (χ1) is 7.43. The molecule has 0 spiro atoms. The van der Waals surface area contributed by atoms with E-state index in [1.54, 1.807) is 0 Å². The van der Waals surface area contributed by atoms with Crippen molar-refractivity contribution in [3.05, 3.63) is 16.6 Å². The van der Waals surface area contributed by atoms with E-state index < -0.39 is 6.04 Å². The van der Waals surface area contributed by atoms with Crippen LogP contribution >= 0.6 is 23.2 Å². The number of hydrogen-bond acceptors (Lipinski definition) is 4. The fraction of sp³-hybridized carbons (Fsp3) is 0.444. The van der Waals surface area contributed by atoms with Crippen LogP contribution in [-0.4, -0.2) is 21.9 Å². The molecule has 1 atom stereocenters. The van der Waals surface area contributed by atoms with E-state index in [1.165, 1.54) is 6.33 Å². The quantitative estimate of drug-likeness (QED) is 0.813. The molecule has 0 radical (unpaired) electrons. The zero-order chi connectivity index (χ0) is 12.3. The predicted molar refractivity (Wildman–Crippen MR) is 63.5 cm³/mol. The fourth-order valence-corrected chi connectivity index (χ4v) is 1.37. The molecule has 0 aliphatic carbocycles. The fourth-order valence-electron chi connectivity index (χ4n) is 0.957. The largest absolute Gasteiger partial charge is 0.320 e. The highest BCUT2D eigenvalue weighted by molar-refractivity contribution is 6.38. The third-order valence-corrected chi connectivity index (χ3v) is 2.60. The first kappa shape index (κ1) is 13.2. The number of carbonyl (C=O) groups is 1. The average molecular weight is 263 g/mol. The van der Waals surface area contributed by atoms with Crippen molar-refractivity contribution in [3.63, 3.8) is 0 Å². The van der Waals surface area contributed by atoms with Gasteiger partial charge in [-0.25, -0.2) is 9.97 Å². The van der Waals surface area contributed by atoms with Gasteiger partial charge in [0.25, 0.3) is 0 Å². The average Bonchev–Trinajstić information content (AvgIpc) is 2.22. The summed E-state index contributed by atoms with van der Waals surface area (Å²) in [6, 6.07) is -0.632. The summed E-state index contributed by atoms with van der Waals surface area (Å²) in [6.45, 7) is 3.68. The second kappa shape index (κ2) is 5.43. The predicted octanol–water partition coefficient (Wildman–Crippen LogP) is 1.71. The van der Waals surface area contributed by atoms with Crippen molar-refractivity contribution in [2.24, 2.45) is 11.7 Å². The topological polar surface area (TPSA) is 80.9 Å². The van der Waals surface area contributed by atoms with Gasteiger partial charge in [0.2, 0.25) is 5.91 Å². The molecule has 0 aliphatic heterocycles. The first-order valence-corrected chi connectivity index (χ1v) is 5.41. The maximum Gasteiger partial charge on any atom is 0.241 e. The van der Waals surface area contributed by atoms with Gasteiger partial charge in [-0.15, -0.1) is 0 Å². The second-order valence-corrected chi connectivity index (χ2v) is 4.31. The van der Waals surface area contributed by atoms with Crippen LogP contribution in [0.4, 0.5) is 5.69 Å². The van der Waals surface area contributed by atoms with Crippen molar-refractivity contribution >= 4 is 34.8 Å². The Hall–Kier alpha value is -0.910. The van der Waals surface area contributed by atoms with Crippen LogP contribution in [0.15, 0.2) is 6.33 Å². The number of nitrogens with two attached hydrogens (primary N) is 1. The normalized spacial score (nSPS) is 12.6. The van der Waals surface area contributed by atoms with Crippen LogP contribution < -0.4 is 11.1 Å². The lowest BCUT2D eigenvalue weighted by atomic mass is 10.1. The minimum Gasteiger partial charge on any atom is -0.320 e. The molecule has 0 unspecified atom stereocenters. The van der Waals surface area contributed by atoms with Gasteiger partial charge in [-0.1, -0.05) is 37.0 Å². The summed E-state index contributed by atoms with van der Waals surface area (Å²) in [7, 11) is 0. The van der Waals surface area contributed by atoms with E-state index in [1.807, 2.05) is 13.8 Å². The number of anilines is 1. The number of halogens is 2. The molecular formula is C9H12Cl2N4O. The van der Waals surface area contributed by atoms with Crippen molar-refractivity contribution in [1.29, 1.82) is 0 Å². The van der Waals surface area contributed by atoms with E-state index in [4.69, 9.17) is 28.9 Å². The monoisotopic (exact) mass is 262 g/mol. The summed E-state index contributed by atoms with van der Waals surface area (Å²) in [5.41, 5.74) is 5.86. The second-order valence-electron chi connectivity index (χ2n) is 3.59. The van der Waals surface area contributed by atoms with Crippen LogP contribution in [0.5, 0.6) is 0 Å². The number of nitrogens with zero attached hydrogens (tertiary/aromatic N) is 2. The molecule has 0 aliphatic rings. The molecule has 7 heteroatoms. The molecule has 0 aromatic carbocycles. The molecule has 0 saturated heterocycles. The zero-order valence-electron chi connectivity index (χ0n) is 8.87. The summed E-state index contributed by atoms with van der Waals surface area (Å²) in [6.07, 6.45) is 1.21. The lowest BCUT2D eigenvalue weighted by Gasteiger charge is -2.15. The maximum atomic E-state index is 11.6. The minimum atomic E-state index is -0.632. The Morgan fingerprint density at radius 1 is 1.38 bits per heavy atom. The van der Waals surface area contributed by atoms with E-state index in [0.717, 1.165) is 0 Å². The minimum absolute atomic E-state index is 0.0159. The third kappa shape index (κ3) is 3.04. The van der Waals surface area contributed by atoms with Gasteiger partial charge in [-0.05, 0) is 5.92 Å². The van der Waals surface area contributed by atoms with E-state index >= 15 is 0 Å². The standard InChI is InChI=1S/C9H12Cl2N4O/c1-4(2)5(12)9(16)15-6-7(10)13-3-14-8(6)11/h3-5H,12H2,1-2H3,(H,15,16)/t5-/m0/s1. The molecule has 1 aromatic heterocycles. The summed E-state index contributed by atoms with van der Waals surface area (Å²) < 4.78 is 0. The molecule has 16 heavy (non-hydrogen) atoms. The van der Waals surface area contributed by atoms with Gasteiger partial charge in [0.15, 0.2) is 10.3 Å². The number of nitrogens with one attached hydrogen (secondary N) is 1. The highest BCUT2D eigenvalue weighted by Gasteiger charge is 2.20. The molecule has 0 fully saturated rings. The SMILES string of the molecule is CC(C)[C@H](N)C(=O)Nc1c(Cl)ncnc1Cl. The lowest BCUT2D eigenvalue weighted by molar-refractivity contribution is -0.118. The Kier molecular flexibility index (Phi) is 4.46. The molecule has 1 aromatic rings. The van der Waals surface area contributed by atoms with Gasteiger partial charge in [-0.2, -0.15) is 0 Å². The Bertz CT molecular complexity index is 377.